The molecule has 0 aliphatic rings. The van der Waals surface area contributed by atoms with Crippen molar-refractivity contribution in [3.63, 3.8) is 0 Å². The van der Waals surface area contributed by atoms with E-state index in [9.17, 15) is 9.59 Å². The standard InChI is InChI=1S/C10H11NO3.C4H10/c12-9(6-7-10(13)11-14)8-4-2-1-3-5-8;1-4(2)3/h1-5,14H,6-7H2,(H,11,13);4H,1-3H3. The average Bonchev–Trinajstić information content (AvgIpc) is 2.35. The zero-order chi connectivity index (χ0) is 14.0. The maximum atomic E-state index is 11.4. The summed E-state index contributed by atoms with van der Waals surface area (Å²) in [5.74, 6) is 0.184. The van der Waals surface area contributed by atoms with Gasteiger partial charge in [0.15, 0.2) is 5.78 Å². The van der Waals surface area contributed by atoms with Gasteiger partial charge >= 0.3 is 0 Å². The van der Waals surface area contributed by atoms with Gasteiger partial charge in [-0.3, -0.25) is 14.8 Å². The molecule has 1 rings (SSSR count). The van der Waals surface area contributed by atoms with Gasteiger partial charge in [-0.15, -0.1) is 0 Å². The van der Waals surface area contributed by atoms with Gasteiger partial charge in [0, 0.05) is 18.4 Å². The van der Waals surface area contributed by atoms with Crippen molar-refractivity contribution in [2.45, 2.75) is 33.6 Å². The van der Waals surface area contributed by atoms with E-state index >= 15 is 0 Å². The van der Waals surface area contributed by atoms with E-state index < -0.39 is 5.91 Å². The van der Waals surface area contributed by atoms with E-state index in [0.29, 0.717) is 5.56 Å². The monoisotopic (exact) mass is 251 g/mol. The fourth-order valence-electron chi connectivity index (χ4n) is 1.05. The fourth-order valence-corrected chi connectivity index (χ4v) is 1.05. The minimum Gasteiger partial charge on any atom is -0.294 e. The molecular weight excluding hydrogens is 230 g/mol. The largest absolute Gasteiger partial charge is 0.294 e. The van der Waals surface area contributed by atoms with Crippen LogP contribution in [0.4, 0.5) is 0 Å². The van der Waals surface area contributed by atoms with Gasteiger partial charge in [0.1, 0.15) is 0 Å². The van der Waals surface area contributed by atoms with Crippen LogP contribution in [0.15, 0.2) is 30.3 Å². The molecule has 0 fully saturated rings. The van der Waals surface area contributed by atoms with Gasteiger partial charge < -0.3 is 0 Å². The Labute approximate surface area is 108 Å². The van der Waals surface area contributed by atoms with E-state index in [1.807, 2.05) is 6.07 Å². The lowest BCUT2D eigenvalue weighted by Gasteiger charge is -1.99. The summed E-state index contributed by atoms with van der Waals surface area (Å²) < 4.78 is 0. The number of carbonyl (C=O) groups excluding carboxylic acids is 2. The maximum Gasteiger partial charge on any atom is 0.243 e. The average molecular weight is 251 g/mol. The molecule has 0 bridgehead atoms. The normalized spacial score (nSPS) is 9.39. The summed E-state index contributed by atoms with van der Waals surface area (Å²) in [6.07, 6.45) is 0.112. The van der Waals surface area contributed by atoms with Crippen LogP contribution >= 0.6 is 0 Å². The maximum absolute atomic E-state index is 11.4. The number of hydrogen-bond donors (Lipinski definition) is 2. The molecule has 0 aliphatic heterocycles. The highest BCUT2D eigenvalue weighted by Gasteiger charge is 2.07. The zero-order valence-electron chi connectivity index (χ0n) is 11.1. The van der Waals surface area contributed by atoms with Crippen molar-refractivity contribution < 1.29 is 14.8 Å². The van der Waals surface area contributed by atoms with Crippen LogP contribution in [0.3, 0.4) is 0 Å². The second-order valence-corrected chi connectivity index (χ2v) is 4.56. The highest BCUT2D eigenvalue weighted by Crippen LogP contribution is 2.04. The lowest BCUT2D eigenvalue weighted by Crippen LogP contribution is -2.19. The number of rotatable bonds is 4. The summed E-state index contributed by atoms with van der Waals surface area (Å²) in [6.45, 7) is 6.50. The van der Waals surface area contributed by atoms with Crippen molar-refractivity contribution in [3.8, 4) is 0 Å². The first kappa shape index (κ1) is 16.3. The Morgan fingerprint density at radius 2 is 1.61 bits per heavy atom. The number of nitrogens with one attached hydrogen (secondary N) is 1. The quantitative estimate of drug-likeness (QED) is 0.491. The van der Waals surface area contributed by atoms with E-state index in [1.165, 1.54) is 5.48 Å². The lowest BCUT2D eigenvalue weighted by molar-refractivity contribution is -0.129. The molecule has 4 heteroatoms. The second-order valence-electron chi connectivity index (χ2n) is 4.56. The third kappa shape index (κ3) is 8.47. The highest BCUT2D eigenvalue weighted by atomic mass is 16.5. The molecule has 4 nitrogen and oxygen atoms in total. The topological polar surface area (TPSA) is 66.4 Å². The number of benzene rings is 1. The van der Waals surface area contributed by atoms with Crippen molar-refractivity contribution >= 4 is 11.7 Å². The van der Waals surface area contributed by atoms with Crippen LogP contribution in [0.2, 0.25) is 0 Å². The predicted octanol–water partition coefficient (Wildman–Crippen LogP) is 2.82. The molecule has 1 aromatic rings. The summed E-state index contributed by atoms with van der Waals surface area (Å²) in [4.78, 5) is 22.0. The Bertz CT molecular complexity index is 358. The molecule has 0 radical (unpaired) electrons. The van der Waals surface area contributed by atoms with E-state index in [4.69, 9.17) is 5.21 Å². The van der Waals surface area contributed by atoms with Gasteiger partial charge in [0.25, 0.3) is 0 Å². The third-order valence-electron chi connectivity index (χ3n) is 1.80. The Morgan fingerprint density at radius 1 is 1.11 bits per heavy atom. The highest BCUT2D eigenvalue weighted by molar-refractivity contribution is 5.97. The van der Waals surface area contributed by atoms with Crippen LogP contribution in [0.5, 0.6) is 0 Å². The van der Waals surface area contributed by atoms with Crippen molar-refractivity contribution in [3.05, 3.63) is 35.9 Å². The summed E-state index contributed by atoms with van der Waals surface area (Å²) >= 11 is 0. The molecule has 0 atom stereocenters. The molecule has 0 saturated carbocycles. The van der Waals surface area contributed by atoms with Gasteiger partial charge in [0.2, 0.25) is 5.91 Å². The molecule has 1 aromatic carbocycles. The molecular formula is C14H21NO3. The number of Topliss-reactive ketones (excluding diaryl/α,β-unsaturated/α-hetero) is 1. The van der Waals surface area contributed by atoms with Crippen LogP contribution in [-0.2, 0) is 4.79 Å². The summed E-state index contributed by atoms with van der Waals surface area (Å²) in [6, 6.07) is 8.73. The first-order valence-electron chi connectivity index (χ1n) is 5.98. The molecule has 0 aromatic heterocycles. The van der Waals surface area contributed by atoms with Crippen LogP contribution in [0.1, 0.15) is 44.0 Å². The van der Waals surface area contributed by atoms with Crippen molar-refractivity contribution in [1.29, 1.82) is 0 Å². The summed E-state index contributed by atoms with van der Waals surface area (Å²) in [7, 11) is 0. The molecule has 0 unspecified atom stereocenters. The first-order chi connectivity index (χ1) is 8.47. The lowest BCUT2D eigenvalue weighted by atomic mass is 10.1. The zero-order valence-corrected chi connectivity index (χ0v) is 11.1. The van der Waals surface area contributed by atoms with E-state index in [-0.39, 0.29) is 18.6 Å². The molecule has 1 amide bonds. The Balaban J connectivity index is 0.000000631. The fraction of sp³-hybridized carbons (Fsp3) is 0.429. The number of ketones is 1. The van der Waals surface area contributed by atoms with Crippen molar-refractivity contribution in [2.24, 2.45) is 5.92 Å². The summed E-state index contributed by atoms with van der Waals surface area (Å²) in [5, 5.41) is 8.21. The molecule has 0 spiro atoms. The number of hydrogen-bond acceptors (Lipinski definition) is 3. The SMILES string of the molecule is CC(C)C.O=C(CCC(=O)c1ccccc1)NO. The van der Waals surface area contributed by atoms with Crippen molar-refractivity contribution in [2.75, 3.05) is 0 Å². The Morgan fingerprint density at radius 3 is 2.06 bits per heavy atom. The smallest absolute Gasteiger partial charge is 0.243 e. The van der Waals surface area contributed by atoms with E-state index in [2.05, 4.69) is 20.8 Å². The van der Waals surface area contributed by atoms with Gasteiger partial charge in [-0.05, 0) is 5.92 Å². The van der Waals surface area contributed by atoms with Crippen molar-refractivity contribution in [1.82, 2.24) is 5.48 Å². The third-order valence-corrected chi connectivity index (χ3v) is 1.80. The number of carbonyl (C=O) groups is 2. The van der Waals surface area contributed by atoms with Crippen LogP contribution in [0.25, 0.3) is 0 Å². The second kappa shape index (κ2) is 9.36. The van der Waals surface area contributed by atoms with Crippen LogP contribution < -0.4 is 5.48 Å². The molecule has 0 heterocycles. The molecule has 0 aliphatic carbocycles. The molecule has 18 heavy (non-hydrogen) atoms. The molecule has 100 valence electrons. The Hall–Kier alpha value is -1.68. The minimum absolute atomic E-state index is 0.00419. The first-order valence-corrected chi connectivity index (χ1v) is 5.98. The van der Waals surface area contributed by atoms with E-state index in [1.54, 1.807) is 24.3 Å². The van der Waals surface area contributed by atoms with E-state index in [0.717, 1.165) is 5.92 Å². The molecule has 2 N–H and O–H groups in total. The van der Waals surface area contributed by atoms with Gasteiger partial charge in [0.05, 0.1) is 0 Å². The molecule has 0 saturated heterocycles. The van der Waals surface area contributed by atoms with Gasteiger partial charge in [-0.25, -0.2) is 5.48 Å². The Kier molecular flexibility index (Phi) is 8.49. The van der Waals surface area contributed by atoms with Crippen LogP contribution in [-0.4, -0.2) is 16.9 Å². The number of amides is 1. The summed E-state index contributed by atoms with van der Waals surface area (Å²) in [5.41, 5.74) is 2.06. The van der Waals surface area contributed by atoms with Crippen LogP contribution in [0, 0.1) is 5.92 Å². The van der Waals surface area contributed by atoms with Gasteiger partial charge in [-0.2, -0.15) is 0 Å². The predicted molar refractivity (Wildman–Crippen MR) is 70.4 cm³/mol. The van der Waals surface area contributed by atoms with Gasteiger partial charge in [-0.1, -0.05) is 51.1 Å². The minimum atomic E-state index is -0.547. The number of hydroxylamine groups is 1.